The summed E-state index contributed by atoms with van der Waals surface area (Å²) in [6, 6.07) is 9.13. The third kappa shape index (κ3) is 5.80. The first kappa shape index (κ1) is 23.2. The molecule has 2 aromatic heterocycles. The highest BCUT2D eigenvalue weighted by molar-refractivity contribution is 5.93. The molecule has 1 unspecified atom stereocenters. The maximum absolute atomic E-state index is 12.5. The number of amides is 2. The molecule has 2 amide bonds. The van der Waals surface area contributed by atoms with E-state index in [4.69, 9.17) is 9.90 Å². The van der Waals surface area contributed by atoms with Crippen LogP contribution in [0.25, 0.3) is 0 Å². The highest BCUT2D eigenvalue weighted by Crippen LogP contribution is 2.53. The van der Waals surface area contributed by atoms with Crippen molar-refractivity contribution in [1.82, 2.24) is 14.9 Å². The fourth-order valence-corrected chi connectivity index (χ4v) is 3.80. The van der Waals surface area contributed by atoms with E-state index in [2.05, 4.69) is 15.3 Å². The highest BCUT2D eigenvalue weighted by atomic mass is 19.4. The molecule has 1 aliphatic heterocycles. The van der Waals surface area contributed by atoms with E-state index >= 15 is 0 Å². The summed E-state index contributed by atoms with van der Waals surface area (Å²) in [5.41, 5.74) is 2.08. The lowest BCUT2D eigenvalue weighted by Crippen LogP contribution is -2.32. The SMILES string of the molecule is Cc1cccc(C(=O)N2C[C@@H]3C(CC(=O)Nc4cccnc4)[C@@H]3C2)n1.O=C(O)C(F)(F)F. The number of carbonyl (C=O) groups is 3. The third-order valence-electron chi connectivity index (χ3n) is 5.37. The Kier molecular flexibility index (Phi) is 6.75. The molecule has 0 bridgehead atoms. The molecule has 2 fully saturated rings. The minimum atomic E-state index is -5.08. The van der Waals surface area contributed by atoms with Crippen molar-refractivity contribution in [3.8, 4) is 0 Å². The van der Waals surface area contributed by atoms with Crippen molar-refractivity contribution in [2.24, 2.45) is 17.8 Å². The Morgan fingerprint density at radius 2 is 1.81 bits per heavy atom. The van der Waals surface area contributed by atoms with E-state index in [0.29, 0.717) is 29.9 Å². The molecule has 32 heavy (non-hydrogen) atoms. The van der Waals surface area contributed by atoms with Gasteiger partial charge in [0.2, 0.25) is 5.91 Å². The average molecular weight is 450 g/mol. The van der Waals surface area contributed by atoms with Crippen molar-refractivity contribution in [1.29, 1.82) is 0 Å². The van der Waals surface area contributed by atoms with E-state index in [1.807, 2.05) is 30.0 Å². The zero-order chi connectivity index (χ0) is 23.5. The van der Waals surface area contributed by atoms with Gasteiger partial charge in [0, 0.05) is 31.4 Å². The molecular formula is C21H21F3N4O4. The molecule has 8 nitrogen and oxygen atoms in total. The maximum atomic E-state index is 12.5. The Morgan fingerprint density at radius 3 is 2.34 bits per heavy atom. The van der Waals surface area contributed by atoms with E-state index in [-0.39, 0.29) is 11.8 Å². The van der Waals surface area contributed by atoms with Crippen molar-refractivity contribution in [2.45, 2.75) is 19.5 Å². The van der Waals surface area contributed by atoms with E-state index in [0.717, 1.165) is 24.5 Å². The number of nitrogens with one attached hydrogen (secondary N) is 1. The van der Waals surface area contributed by atoms with Gasteiger partial charge in [-0.1, -0.05) is 6.07 Å². The molecule has 0 radical (unpaired) electrons. The second-order valence-corrected chi connectivity index (χ2v) is 7.66. The van der Waals surface area contributed by atoms with Crippen LogP contribution in [0.1, 0.15) is 22.6 Å². The van der Waals surface area contributed by atoms with Gasteiger partial charge in [-0.15, -0.1) is 0 Å². The number of aliphatic carboxylic acids is 1. The first-order valence-corrected chi connectivity index (χ1v) is 9.79. The third-order valence-corrected chi connectivity index (χ3v) is 5.37. The van der Waals surface area contributed by atoms with Crippen LogP contribution in [-0.4, -0.2) is 57.0 Å². The van der Waals surface area contributed by atoms with Gasteiger partial charge < -0.3 is 15.3 Å². The Balaban J connectivity index is 0.000000360. The number of aryl methyl sites for hydroxylation is 1. The first-order valence-electron chi connectivity index (χ1n) is 9.79. The monoisotopic (exact) mass is 450 g/mol. The number of fused-ring (bicyclic) bond motifs is 1. The van der Waals surface area contributed by atoms with Crippen LogP contribution in [0.5, 0.6) is 0 Å². The summed E-state index contributed by atoms with van der Waals surface area (Å²) >= 11 is 0. The fourth-order valence-electron chi connectivity index (χ4n) is 3.80. The van der Waals surface area contributed by atoms with Crippen LogP contribution >= 0.6 is 0 Å². The smallest absolute Gasteiger partial charge is 0.475 e. The Labute approximate surface area is 181 Å². The predicted molar refractivity (Wildman–Crippen MR) is 107 cm³/mol. The van der Waals surface area contributed by atoms with Gasteiger partial charge in [0.15, 0.2) is 0 Å². The highest BCUT2D eigenvalue weighted by Gasteiger charge is 2.57. The van der Waals surface area contributed by atoms with Crippen molar-refractivity contribution in [2.75, 3.05) is 18.4 Å². The average Bonchev–Trinajstić information content (AvgIpc) is 3.16. The molecule has 3 atom stereocenters. The zero-order valence-corrected chi connectivity index (χ0v) is 17.0. The summed E-state index contributed by atoms with van der Waals surface area (Å²) in [6.07, 6.45) is -1.26. The van der Waals surface area contributed by atoms with E-state index < -0.39 is 12.1 Å². The van der Waals surface area contributed by atoms with Crippen molar-refractivity contribution in [3.05, 3.63) is 54.1 Å². The van der Waals surface area contributed by atoms with Gasteiger partial charge in [-0.3, -0.25) is 14.6 Å². The number of piperidine rings is 1. The van der Waals surface area contributed by atoms with E-state index in [9.17, 15) is 22.8 Å². The molecule has 170 valence electrons. The number of alkyl halides is 3. The molecular weight excluding hydrogens is 429 g/mol. The summed E-state index contributed by atoms with van der Waals surface area (Å²) in [7, 11) is 0. The number of pyridine rings is 2. The van der Waals surface area contributed by atoms with Gasteiger partial charge in [0.25, 0.3) is 5.91 Å². The molecule has 1 saturated carbocycles. The van der Waals surface area contributed by atoms with Crippen LogP contribution in [0.2, 0.25) is 0 Å². The van der Waals surface area contributed by atoms with Crippen LogP contribution in [0.3, 0.4) is 0 Å². The molecule has 0 spiro atoms. The molecule has 2 aliphatic rings. The summed E-state index contributed by atoms with van der Waals surface area (Å²) in [5, 5.41) is 10.0. The standard InChI is InChI=1S/C19H20N4O2.C2HF3O2/c1-12-4-2-6-17(21-12)19(25)23-10-15-14(16(15)11-23)8-18(24)22-13-5-3-7-20-9-13;3-2(4,5)1(6)7/h2-7,9,14-16H,8,10-11H2,1H3,(H,22,24);(H,6,7)/t14?,15-,16+;. The van der Waals surface area contributed by atoms with Gasteiger partial charge in [-0.2, -0.15) is 13.2 Å². The van der Waals surface area contributed by atoms with Crippen LogP contribution in [0, 0.1) is 24.7 Å². The Bertz CT molecular complexity index is 988. The minimum Gasteiger partial charge on any atom is -0.475 e. The molecule has 1 saturated heterocycles. The lowest BCUT2D eigenvalue weighted by Gasteiger charge is -2.19. The van der Waals surface area contributed by atoms with E-state index in [1.165, 1.54) is 0 Å². The van der Waals surface area contributed by atoms with Crippen molar-refractivity contribution >= 4 is 23.5 Å². The summed E-state index contributed by atoms with van der Waals surface area (Å²) in [4.78, 5) is 43.7. The Morgan fingerprint density at radius 1 is 1.16 bits per heavy atom. The quantitative estimate of drug-likeness (QED) is 0.741. The number of hydrogen-bond donors (Lipinski definition) is 2. The number of carboxylic acid groups (broad SMARTS) is 1. The van der Waals surface area contributed by atoms with Gasteiger partial charge in [-0.05, 0) is 48.9 Å². The molecule has 1 aliphatic carbocycles. The number of likely N-dealkylation sites (tertiary alicyclic amines) is 1. The largest absolute Gasteiger partial charge is 0.490 e. The van der Waals surface area contributed by atoms with Crippen LogP contribution in [0.4, 0.5) is 18.9 Å². The second-order valence-electron chi connectivity index (χ2n) is 7.66. The lowest BCUT2D eigenvalue weighted by atomic mass is 10.1. The van der Waals surface area contributed by atoms with Crippen molar-refractivity contribution in [3.63, 3.8) is 0 Å². The lowest BCUT2D eigenvalue weighted by molar-refractivity contribution is -0.192. The van der Waals surface area contributed by atoms with Crippen molar-refractivity contribution < 1.29 is 32.7 Å². The Hall–Kier alpha value is -3.50. The topological polar surface area (TPSA) is 112 Å². The molecule has 2 N–H and O–H groups in total. The van der Waals surface area contributed by atoms with Gasteiger partial charge >= 0.3 is 12.1 Å². The normalized spacial score (nSPS) is 21.1. The van der Waals surface area contributed by atoms with Crippen LogP contribution < -0.4 is 5.32 Å². The first-order chi connectivity index (χ1) is 15.1. The fraction of sp³-hybridized carbons (Fsp3) is 0.381. The number of anilines is 1. The van der Waals surface area contributed by atoms with Gasteiger partial charge in [0.05, 0.1) is 11.9 Å². The summed E-state index contributed by atoms with van der Waals surface area (Å²) in [6.45, 7) is 3.34. The predicted octanol–water partition coefficient (Wildman–Crippen LogP) is 2.77. The number of aromatic nitrogens is 2. The second kappa shape index (κ2) is 9.33. The number of hydrogen-bond acceptors (Lipinski definition) is 5. The number of carbonyl (C=O) groups excluding carboxylic acids is 2. The molecule has 11 heteroatoms. The molecule has 3 heterocycles. The van der Waals surface area contributed by atoms with Crippen LogP contribution in [-0.2, 0) is 9.59 Å². The summed E-state index contributed by atoms with van der Waals surface area (Å²) < 4.78 is 31.7. The van der Waals surface area contributed by atoms with Gasteiger partial charge in [0.1, 0.15) is 5.69 Å². The van der Waals surface area contributed by atoms with E-state index in [1.54, 1.807) is 24.5 Å². The number of carboxylic acids is 1. The number of nitrogens with zero attached hydrogens (tertiary/aromatic N) is 3. The van der Waals surface area contributed by atoms with Gasteiger partial charge in [-0.25, -0.2) is 9.78 Å². The van der Waals surface area contributed by atoms with Crippen LogP contribution in [0.15, 0.2) is 42.7 Å². The number of rotatable bonds is 4. The molecule has 4 rings (SSSR count). The summed E-state index contributed by atoms with van der Waals surface area (Å²) in [5.74, 6) is -1.49. The zero-order valence-electron chi connectivity index (χ0n) is 17.0. The molecule has 2 aromatic rings. The minimum absolute atomic E-state index is 0.00513. The number of halogens is 3. The maximum Gasteiger partial charge on any atom is 0.490 e. The molecule has 0 aromatic carbocycles.